The second-order valence-corrected chi connectivity index (χ2v) is 4.65. The van der Waals surface area contributed by atoms with Gasteiger partial charge in [0.15, 0.2) is 11.3 Å². The monoisotopic (exact) mass is 258 g/mol. The fraction of sp³-hybridized carbons (Fsp3) is 0.286. The Morgan fingerprint density at radius 2 is 2.26 bits per heavy atom. The van der Waals surface area contributed by atoms with Crippen LogP contribution in [0.5, 0.6) is 5.75 Å². The molecule has 0 amide bonds. The van der Waals surface area contributed by atoms with Crippen LogP contribution in [0, 0.1) is 6.92 Å². The summed E-state index contributed by atoms with van der Waals surface area (Å²) in [6.07, 6.45) is 3.31. The Bertz CT molecular complexity index is 635. The van der Waals surface area contributed by atoms with Crippen LogP contribution in [-0.2, 0) is 5.54 Å². The van der Waals surface area contributed by atoms with Crippen molar-refractivity contribution in [3.05, 3.63) is 48.0 Å². The number of imidazole rings is 1. The molecular weight excluding hydrogens is 244 g/mol. The summed E-state index contributed by atoms with van der Waals surface area (Å²) < 4.78 is 7.34. The van der Waals surface area contributed by atoms with Gasteiger partial charge in [0.25, 0.3) is 0 Å². The first-order chi connectivity index (χ1) is 9.19. The number of hydrogen-bond donors (Lipinski definition) is 1. The molecular formula is C14H14N2O3. The molecule has 0 saturated carbocycles. The lowest BCUT2D eigenvalue weighted by Crippen LogP contribution is -2.52. The molecule has 5 nitrogen and oxygen atoms in total. The van der Waals surface area contributed by atoms with Crippen LogP contribution in [-0.4, -0.2) is 33.7 Å². The van der Waals surface area contributed by atoms with E-state index in [0.29, 0.717) is 17.1 Å². The van der Waals surface area contributed by atoms with E-state index in [1.807, 2.05) is 6.07 Å². The Labute approximate surface area is 110 Å². The normalized spacial score (nSPS) is 21.9. The molecule has 3 rings (SSSR count). The van der Waals surface area contributed by atoms with Crippen molar-refractivity contribution in [2.24, 2.45) is 0 Å². The first kappa shape index (κ1) is 11.9. The number of aliphatic hydroxyl groups excluding tert-OH is 1. The number of Topliss-reactive ketones (excluding diaryl/α,β-unsaturated/α-hetero) is 1. The second-order valence-electron chi connectivity index (χ2n) is 4.65. The highest BCUT2D eigenvalue weighted by Crippen LogP contribution is 2.33. The van der Waals surface area contributed by atoms with E-state index in [2.05, 4.69) is 4.98 Å². The maximum Gasteiger partial charge on any atom is 0.198 e. The molecule has 1 N–H and O–H groups in total. The minimum Gasteiger partial charge on any atom is -0.490 e. The molecule has 0 aliphatic carbocycles. The fourth-order valence-corrected chi connectivity index (χ4v) is 2.50. The average molecular weight is 258 g/mol. The van der Waals surface area contributed by atoms with Crippen LogP contribution in [0.1, 0.15) is 16.2 Å². The molecule has 5 heteroatoms. The molecule has 0 radical (unpaired) electrons. The Kier molecular flexibility index (Phi) is 2.64. The number of carbonyl (C=O) groups is 1. The number of aliphatic hydroxyl groups is 1. The van der Waals surface area contributed by atoms with E-state index >= 15 is 0 Å². The van der Waals surface area contributed by atoms with E-state index in [0.717, 1.165) is 0 Å². The van der Waals surface area contributed by atoms with Gasteiger partial charge in [0, 0.05) is 12.4 Å². The van der Waals surface area contributed by atoms with Gasteiger partial charge in [-0.05, 0) is 19.1 Å². The minimum absolute atomic E-state index is 0.108. The van der Waals surface area contributed by atoms with E-state index in [1.54, 1.807) is 42.1 Å². The Hall–Kier alpha value is -2.14. The molecule has 1 atom stereocenters. The molecule has 0 spiro atoms. The third-order valence-electron chi connectivity index (χ3n) is 3.57. The number of rotatable bonds is 2. The summed E-state index contributed by atoms with van der Waals surface area (Å²) in [5.41, 5.74) is -0.620. The second kappa shape index (κ2) is 4.20. The first-order valence-electron chi connectivity index (χ1n) is 6.07. The number of benzene rings is 1. The van der Waals surface area contributed by atoms with Crippen molar-refractivity contribution in [2.75, 3.05) is 13.2 Å². The molecule has 19 heavy (non-hydrogen) atoms. The molecule has 1 unspecified atom stereocenters. The minimum atomic E-state index is -1.12. The lowest BCUT2D eigenvalue weighted by atomic mass is 9.87. The number of ether oxygens (including phenoxy) is 1. The van der Waals surface area contributed by atoms with Crippen LogP contribution >= 0.6 is 0 Å². The number of aromatic nitrogens is 2. The molecule has 1 aliphatic heterocycles. The molecule has 2 aromatic rings. The number of ketones is 1. The quantitative estimate of drug-likeness (QED) is 0.877. The van der Waals surface area contributed by atoms with Crippen molar-refractivity contribution < 1.29 is 14.6 Å². The van der Waals surface area contributed by atoms with Crippen molar-refractivity contribution in [1.82, 2.24) is 9.55 Å². The van der Waals surface area contributed by atoms with Crippen molar-refractivity contribution in [3.8, 4) is 5.75 Å². The van der Waals surface area contributed by atoms with Crippen LogP contribution in [0.3, 0.4) is 0 Å². The van der Waals surface area contributed by atoms with Gasteiger partial charge in [0.1, 0.15) is 18.2 Å². The summed E-state index contributed by atoms with van der Waals surface area (Å²) in [6, 6.07) is 7.08. The number of carbonyl (C=O) groups excluding carboxylic acids is 1. The van der Waals surface area contributed by atoms with Gasteiger partial charge in [-0.15, -0.1) is 0 Å². The van der Waals surface area contributed by atoms with Crippen molar-refractivity contribution in [3.63, 3.8) is 0 Å². The molecule has 1 aromatic heterocycles. The summed E-state index contributed by atoms with van der Waals surface area (Å²) in [6.45, 7) is 1.58. The summed E-state index contributed by atoms with van der Waals surface area (Å²) >= 11 is 0. The summed E-state index contributed by atoms with van der Waals surface area (Å²) in [5.74, 6) is 1.10. The van der Waals surface area contributed by atoms with Crippen molar-refractivity contribution >= 4 is 5.78 Å². The van der Waals surface area contributed by atoms with E-state index in [-0.39, 0.29) is 19.0 Å². The first-order valence-corrected chi connectivity index (χ1v) is 6.07. The zero-order chi connectivity index (χ0) is 13.5. The molecule has 0 bridgehead atoms. The van der Waals surface area contributed by atoms with Gasteiger partial charge in [0.2, 0.25) is 0 Å². The van der Waals surface area contributed by atoms with Gasteiger partial charge in [-0.1, -0.05) is 12.1 Å². The van der Waals surface area contributed by atoms with Gasteiger partial charge in [-0.2, -0.15) is 0 Å². The predicted octanol–water partition coefficient (Wildman–Crippen LogP) is 1.15. The SMILES string of the molecule is Cc1nccn1C1(CO)COc2ccccc2C1=O. The van der Waals surface area contributed by atoms with E-state index in [1.165, 1.54) is 0 Å². The highest BCUT2D eigenvalue weighted by molar-refractivity contribution is 6.05. The number of nitrogens with zero attached hydrogens (tertiary/aromatic N) is 2. The zero-order valence-electron chi connectivity index (χ0n) is 10.5. The lowest BCUT2D eigenvalue weighted by molar-refractivity contribution is 0.0418. The molecule has 1 aliphatic rings. The van der Waals surface area contributed by atoms with Crippen molar-refractivity contribution in [2.45, 2.75) is 12.5 Å². The largest absolute Gasteiger partial charge is 0.490 e. The molecule has 0 saturated heterocycles. The predicted molar refractivity (Wildman–Crippen MR) is 68.3 cm³/mol. The Balaban J connectivity index is 2.16. The summed E-state index contributed by atoms with van der Waals surface area (Å²) in [4.78, 5) is 16.9. The Morgan fingerprint density at radius 3 is 2.95 bits per heavy atom. The van der Waals surface area contributed by atoms with Crippen LogP contribution in [0.2, 0.25) is 0 Å². The Morgan fingerprint density at radius 1 is 1.47 bits per heavy atom. The maximum atomic E-state index is 12.7. The third-order valence-corrected chi connectivity index (χ3v) is 3.57. The molecule has 2 heterocycles. The maximum absolute atomic E-state index is 12.7. The van der Waals surface area contributed by atoms with E-state index in [9.17, 15) is 9.90 Å². The van der Waals surface area contributed by atoms with Gasteiger partial charge in [0.05, 0.1) is 12.2 Å². The lowest BCUT2D eigenvalue weighted by Gasteiger charge is -2.36. The van der Waals surface area contributed by atoms with Gasteiger partial charge in [-0.3, -0.25) is 4.79 Å². The highest BCUT2D eigenvalue weighted by atomic mass is 16.5. The fourth-order valence-electron chi connectivity index (χ4n) is 2.50. The van der Waals surface area contributed by atoms with Crippen LogP contribution in [0.4, 0.5) is 0 Å². The third kappa shape index (κ3) is 1.58. The van der Waals surface area contributed by atoms with Crippen LogP contribution in [0.15, 0.2) is 36.7 Å². The zero-order valence-corrected chi connectivity index (χ0v) is 10.5. The van der Waals surface area contributed by atoms with Gasteiger partial charge in [-0.25, -0.2) is 4.98 Å². The van der Waals surface area contributed by atoms with E-state index in [4.69, 9.17) is 4.74 Å². The summed E-state index contributed by atoms with van der Waals surface area (Å²) in [7, 11) is 0. The highest BCUT2D eigenvalue weighted by Gasteiger charge is 2.46. The smallest absolute Gasteiger partial charge is 0.198 e. The molecule has 1 aromatic carbocycles. The van der Waals surface area contributed by atoms with Crippen molar-refractivity contribution in [1.29, 1.82) is 0 Å². The standard InChI is InChI=1S/C14H14N2O3/c1-10-15-6-7-16(10)14(8-17)9-19-12-5-3-2-4-11(12)13(14)18/h2-7,17H,8-9H2,1H3. The van der Waals surface area contributed by atoms with E-state index < -0.39 is 5.54 Å². The average Bonchev–Trinajstić information content (AvgIpc) is 2.87. The number of hydrogen-bond acceptors (Lipinski definition) is 4. The molecule has 98 valence electrons. The van der Waals surface area contributed by atoms with Gasteiger partial charge < -0.3 is 14.4 Å². The number of aryl methyl sites for hydroxylation is 1. The van der Waals surface area contributed by atoms with Crippen LogP contribution < -0.4 is 4.74 Å². The summed E-state index contributed by atoms with van der Waals surface area (Å²) in [5, 5.41) is 9.78. The number of para-hydroxylation sites is 1. The van der Waals surface area contributed by atoms with Crippen LogP contribution in [0.25, 0.3) is 0 Å². The van der Waals surface area contributed by atoms with Gasteiger partial charge >= 0.3 is 0 Å². The molecule has 0 fully saturated rings. The number of fused-ring (bicyclic) bond motifs is 1. The topological polar surface area (TPSA) is 64.3 Å².